The lowest BCUT2D eigenvalue weighted by molar-refractivity contribution is 0.293. The minimum atomic E-state index is 0.845. The molecule has 0 aliphatic heterocycles. The fourth-order valence-corrected chi connectivity index (χ4v) is 3.02. The van der Waals surface area contributed by atoms with Crippen LogP contribution in [-0.4, -0.2) is 16.3 Å². The van der Waals surface area contributed by atoms with E-state index in [0.717, 1.165) is 24.1 Å². The molecule has 96 valence electrons. The summed E-state index contributed by atoms with van der Waals surface area (Å²) in [7, 11) is 2.01. The quantitative estimate of drug-likeness (QED) is 0.871. The van der Waals surface area contributed by atoms with Gasteiger partial charge in [0.05, 0.1) is 17.1 Å². The van der Waals surface area contributed by atoms with Crippen LogP contribution in [0.5, 0.6) is 0 Å². The second kappa shape index (κ2) is 5.11. The van der Waals surface area contributed by atoms with E-state index in [1.165, 1.54) is 37.1 Å². The molecule has 2 atom stereocenters. The Morgan fingerprint density at radius 1 is 1.35 bits per heavy atom. The molecule has 2 unspecified atom stereocenters. The highest BCUT2D eigenvalue weighted by Crippen LogP contribution is 2.29. The first-order valence-electron chi connectivity index (χ1n) is 6.82. The van der Waals surface area contributed by atoms with Crippen molar-refractivity contribution in [2.24, 2.45) is 18.9 Å². The number of hydrogen-bond donors (Lipinski definition) is 1. The van der Waals surface area contributed by atoms with E-state index in [9.17, 15) is 0 Å². The summed E-state index contributed by atoms with van der Waals surface area (Å²) in [6.45, 7) is 7.70. The standard InChI is InChI=1S/C14H25N3/c1-10-6-5-7-13(8-10)9-15-14-11(2)16-17(4)12(14)3/h10,13,15H,5-9H2,1-4H3. The van der Waals surface area contributed by atoms with Gasteiger partial charge in [0, 0.05) is 13.6 Å². The van der Waals surface area contributed by atoms with Crippen molar-refractivity contribution in [1.82, 2.24) is 9.78 Å². The van der Waals surface area contributed by atoms with Crippen LogP contribution in [0.15, 0.2) is 0 Å². The highest BCUT2D eigenvalue weighted by atomic mass is 15.3. The van der Waals surface area contributed by atoms with Gasteiger partial charge in [0.15, 0.2) is 0 Å². The number of anilines is 1. The Morgan fingerprint density at radius 2 is 2.12 bits per heavy atom. The van der Waals surface area contributed by atoms with E-state index in [1.807, 2.05) is 11.7 Å². The minimum Gasteiger partial charge on any atom is -0.382 e. The monoisotopic (exact) mass is 235 g/mol. The van der Waals surface area contributed by atoms with Crippen LogP contribution in [0, 0.1) is 25.7 Å². The number of rotatable bonds is 3. The van der Waals surface area contributed by atoms with E-state index in [-0.39, 0.29) is 0 Å². The number of aryl methyl sites for hydroxylation is 2. The number of nitrogens with one attached hydrogen (secondary N) is 1. The van der Waals surface area contributed by atoms with Crippen molar-refractivity contribution >= 4 is 5.69 Å². The Kier molecular flexibility index (Phi) is 3.75. The molecule has 0 radical (unpaired) electrons. The van der Waals surface area contributed by atoms with Crippen molar-refractivity contribution in [3.05, 3.63) is 11.4 Å². The normalized spacial score (nSPS) is 24.9. The Morgan fingerprint density at radius 3 is 2.71 bits per heavy atom. The molecule has 0 saturated heterocycles. The van der Waals surface area contributed by atoms with E-state index in [1.54, 1.807) is 0 Å². The molecule has 0 aromatic carbocycles. The van der Waals surface area contributed by atoms with Crippen molar-refractivity contribution < 1.29 is 0 Å². The molecular formula is C14H25N3. The lowest BCUT2D eigenvalue weighted by atomic mass is 9.82. The Hall–Kier alpha value is -0.990. The maximum atomic E-state index is 4.44. The van der Waals surface area contributed by atoms with Crippen molar-refractivity contribution in [3.8, 4) is 0 Å². The van der Waals surface area contributed by atoms with Gasteiger partial charge < -0.3 is 5.32 Å². The summed E-state index contributed by atoms with van der Waals surface area (Å²) in [5, 5.41) is 8.05. The average molecular weight is 235 g/mol. The fraction of sp³-hybridized carbons (Fsp3) is 0.786. The summed E-state index contributed by atoms with van der Waals surface area (Å²) >= 11 is 0. The minimum absolute atomic E-state index is 0.845. The van der Waals surface area contributed by atoms with Crippen molar-refractivity contribution in [3.63, 3.8) is 0 Å². The maximum Gasteiger partial charge on any atom is 0.0827 e. The first kappa shape index (κ1) is 12.5. The van der Waals surface area contributed by atoms with Crippen LogP contribution in [0.25, 0.3) is 0 Å². The van der Waals surface area contributed by atoms with Gasteiger partial charge in [-0.2, -0.15) is 5.10 Å². The van der Waals surface area contributed by atoms with Crippen LogP contribution >= 0.6 is 0 Å². The predicted molar refractivity (Wildman–Crippen MR) is 72.3 cm³/mol. The van der Waals surface area contributed by atoms with E-state index in [0.29, 0.717) is 0 Å². The lowest BCUT2D eigenvalue weighted by Crippen LogP contribution is -2.21. The van der Waals surface area contributed by atoms with E-state index >= 15 is 0 Å². The molecule has 1 aliphatic carbocycles. The van der Waals surface area contributed by atoms with Crippen LogP contribution in [0.4, 0.5) is 5.69 Å². The zero-order valence-corrected chi connectivity index (χ0v) is 11.6. The Balaban J connectivity index is 1.93. The van der Waals surface area contributed by atoms with Gasteiger partial charge in [0.1, 0.15) is 0 Å². The number of hydrogen-bond acceptors (Lipinski definition) is 2. The molecule has 1 heterocycles. The first-order valence-corrected chi connectivity index (χ1v) is 6.82. The molecule has 0 amide bonds. The van der Waals surface area contributed by atoms with Gasteiger partial charge in [-0.05, 0) is 38.5 Å². The van der Waals surface area contributed by atoms with Crippen LogP contribution in [0.1, 0.15) is 44.0 Å². The zero-order valence-electron chi connectivity index (χ0n) is 11.6. The van der Waals surface area contributed by atoms with E-state index in [2.05, 4.69) is 31.2 Å². The highest BCUT2D eigenvalue weighted by molar-refractivity contribution is 5.51. The number of nitrogens with zero attached hydrogens (tertiary/aromatic N) is 2. The zero-order chi connectivity index (χ0) is 12.4. The molecule has 0 spiro atoms. The molecular weight excluding hydrogens is 210 g/mol. The molecule has 2 rings (SSSR count). The lowest BCUT2D eigenvalue weighted by Gasteiger charge is -2.27. The van der Waals surface area contributed by atoms with Crippen LogP contribution in [0.2, 0.25) is 0 Å². The largest absolute Gasteiger partial charge is 0.382 e. The molecule has 1 aliphatic rings. The van der Waals surface area contributed by atoms with Crippen LogP contribution < -0.4 is 5.32 Å². The summed E-state index contributed by atoms with van der Waals surface area (Å²) < 4.78 is 1.96. The van der Waals surface area contributed by atoms with E-state index < -0.39 is 0 Å². The van der Waals surface area contributed by atoms with Crippen molar-refractivity contribution in [1.29, 1.82) is 0 Å². The smallest absolute Gasteiger partial charge is 0.0827 e. The van der Waals surface area contributed by atoms with Gasteiger partial charge in [0.25, 0.3) is 0 Å². The highest BCUT2D eigenvalue weighted by Gasteiger charge is 2.19. The average Bonchev–Trinajstić information content (AvgIpc) is 2.51. The topological polar surface area (TPSA) is 29.9 Å². The first-order chi connectivity index (χ1) is 8.08. The maximum absolute atomic E-state index is 4.44. The number of aromatic nitrogens is 2. The SMILES string of the molecule is Cc1nn(C)c(C)c1NCC1CCCC(C)C1. The van der Waals surface area contributed by atoms with Gasteiger partial charge in [-0.3, -0.25) is 4.68 Å². The summed E-state index contributed by atoms with van der Waals surface area (Å²) in [6, 6.07) is 0. The van der Waals surface area contributed by atoms with Gasteiger partial charge in [-0.25, -0.2) is 0 Å². The summed E-state index contributed by atoms with van der Waals surface area (Å²) in [4.78, 5) is 0. The molecule has 3 heteroatoms. The molecule has 17 heavy (non-hydrogen) atoms. The Bertz CT molecular complexity index is 381. The molecule has 1 N–H and O–H groups in total. The van der Waals surface area contributed by atoms with Gasteiger partial charge in [-0.15, -0.1) is 0 Å². The molecule has 1 aromatic heterocycles. The molecule has 3 nitrogen and oxygen atoms in total. The summed E-state index contributed by atoms with van der Waals surface area (Å²) in [6.07, 6.45) is 5.58. The molecule has 1 fully saturated rings. The third-order valence-electron chi connectivity index (χ3n) is 4.12. The molecule has 1 aromatic rings. The van der Waals surface area contributed by atoms with Crippen molar-refractivity contribution in [2.45, 2.75) is 46.5 Å². The molecule has 0 bridgehead atoms. The van der Waals surface area contributed by atoms with Gasteiger partial charge >= 0.3 is 0 Å². The third-order valence-corrected chi connectivity index (χ3v) is 4.12. The third kappa shape index (κ3) is 2.82. The fourth-order valence-electron chi connectivity index (χ4n) is 3.02. The molecule has 1 saturated carbocycles. The van der Waals surface area contributed by atoms with Gasteiger partial charge in [-0.1, -0.05) is 19.8 Å². The van der Waals surface area contributed by atoms with Crippen LogP contribution in [-0.2, 0) is 7.05 Å². The van der Waals surface area contributed by atoms with Gasteiger partial charge in [0.2, 0.25) is 0 Å². The summed E-state index contributed by atoms with van der Waals surface area (Å²) in [5.74, 6) is 1.75. The van der Waals surface area contributed by atoms with Crippen molar-refractivity contribution in [2.75, 3.05) is 11.9 Å². The second-order valence-electron chi connectivity index (χ2n) is 5.69. The summed E-state index contributed by atoms with van der Waals surface area (Å²) in [5.41, 5.74) is 3.60. The Labute approximate surface area is 105 Å². The second-order valence-corrected chi connectivity index (χ2v) is 5.69. The van der Waals surface area contributed by atoms with Crippen LogP contribution in [0.3, 0.4) is 0 Å². The predicted octanol–water partition coefficient (Wildman–Crippen LogP) is 3.28. The van der Waals surface area contributed by atoms with E-state index in [4.69, 9.17) is 0 Å².